The van der Waals surface area contributed by atoms with Crippen molar-refractivity contribution in [1.29, 1.82) is 0 Å². The first-order chi connectivity index (χ1) is 25.5. The van der Waals surface area contributed by atoms with Crippen LogP contribution >= 0.6 is 0 Å². The molecule has 4 N–H and O–H groups in total. The minimum atomic E-state index is -1.01. The number of Topliss-reactive ketones (excluding diaryl/α,β-unsaturated/α-hetero) is 1. The Balaban J connectivity index is 1.59. The van der Waals surface area contributed by atoms with Crippen molar-refractivity contribution in [3.63, 3.8) is 0 Å². The Hall–Kier alpha value is -3.77. The van der Waals surface area contributed by atoms with Crippen LogP contribution in [0, 0.1) is 22.7 Å². The molecule has 13 heteroatoms. The average Bonchev–Trinajstić information content (AvgIpc) is 3.79. The van der Waals surface area contributed by atoms with Crippen LogP contribution in [0.25, 0.3) is 0 Å². The summed E-state index contributed by atoms with van der Waals surface area (Å²) in [6, 6.07) is -3.84. The zero-order valence-corrected chi connectivity index (χ0v) is 35.3. The maximum atomic E-state index is 14.9. The van der Waals surface area contributed by atoms with Gasteiger partial charge in [0.2, 0.25) is 28.5 Å². The molecule has 3 fully saturated rings. The third kappa shape index (κ3) is 10.2. The molecule has 1 aliphatic heterocycles. The molecule has 4 rings (SSSR count). The van der Waals surface area contributed by atoms with Crippen LogP contribution in [-0.2, 0) is 24.6 Å². The zero-order valence-electron chi connectivity index (χ0n) is 35.3. The van der Waals surface area contributed by atoms with Gasteiger partial charge in [0.15, 0.2) is 0 Å². The molecule has 2 aliphatic carbocycles. The molecular formula is C42H68N6O7. The lowest BCUT2D eigenvalue weighted by atomic mass is 9.70. The van der Waals surface area contributed by atoms with Gasteiger partial charge in [-0.05, 0) is 66.6 Å². The molecule has 55 heavy (non-hydrogen) atoms. The molecule has 1 aromatic rings. The Bertz CT molecular complexity index is 1660. The summed E-state index contributed by atoms with van der Waals surface area (Å²) >= 11 is 0. The van der Waals surface area contributed by atoms with Crippen molar-refractivity contribution in [2.45, 2.75) is 169 Å². The number of carbonyl (C=O) groups excluding carboxylic acids is 5. The largest absolute Gasteiger partial charge is 0.369 e. The second-order valence-corrected chi connectivity index (χ2v) is 19.3. The monoisotopic (exact) mass is 769 g/mol. The number of ketones is 1. The number of hydrogen-bond acceptors (Lipinski definition) is 8. The summed E-state index contributed by atoms with van der Waals surface area (Å²) in [5.74, 6) is -2.32. The van der Waals surface area contributed by atoms with E-state index in [4.69, 9.17) is 0 Å². The van der Waals surface area contributed by atoms with E-state index in [0.717, 1.165) is 44.9 Å². The molecule has 0 spiro atoms. The van der Waals surface area contributed by atoms with Crippen LogP contribution in [0.4, 0.5) is 10.5 Å². The molecule has 0 bridgehead atoms. The molecule has 308 valence electrons. The van der Waals surface area contributed by atoms with Gasteiger partial charge in [-0.3, -0.25) is 28.8 Å². The van der Waals surface area contributed by atoms with Crippen LogP contribution in [-0.4, -0.2) is 84.8 Å². The van der Waals surface area contributed by atoms with Crippen LogP contribution in [0.1, 0.15) is 139 Å². The maximum Gasteiger partial charge on any atom is 0.315 e. The van der Waals surface area contributed by atoms with Gasteiger partial charge in [-0.2, -0.15) is 0 Å². The van der Waals surface area contributed by atoms with Crippen LogP contribution in [0.15, 0.2) is 9.59 Å². The Morgan fingerprint density at radius 2 is 1.51 bits per heavy atom. The van der Waals surface area contributed by atoms with Gasteiger partial charge in [0.25, 0.3) is 5.91 Å². The molecular weight excluding hydrogens is 700 g/mol. The number of likely N-dealkylation sites (N-methyl/N-ethyl adjacent to an activating group) is 1. The second kappa shape index (κ2) is 17.2. The first-order valence-electron chi connectivity index (χ1n) is 20.6. The number of amides is 5. The van der Waals surface area contributed by atoms with Gasteiger partial charge in [0, 0.05) is 31.7 Å². The molecule has 1 aromatic carbocycles. The van der Waals surface area contributed by atoms with Crippen molar-refractivity contribution in [3.8, 4) is 0 Å². The molecule has 5 atom stereocenters. The first kappa shape index (κ1) is 44.0. The van der Waals surface area contributed by atoms with Gasteiger partial charge in [-0.25, -0.2) is 4.79 Å². The lowest BCUT2D eigenvalue weighted by molar-refractivity contribution is -0.145. The highest BCUT2D eigenvalue weighted by Gasteiger charge is 2.50. The van der Waals surface area contributed by atoms with Gasteiger partial charge in [0.1, 0.15) is 12.1 Å². The van der Waals surface area contributed by atoms with Crippen molar-refractivity contribution >= 4 is 35.2 Å². The van der Waals surface area contributed by atoms with Crippen molar-refractivity contribution in [2.75, 3.05) is 25.0 Å². The van der Waals surface area contributed by atoms with Gasteiger partial charge < -0.3 is 31.1 Å². The van der Waals surface area contributed by atoms with E-state index in [9.17, 15) is 33.6 Å². The molecule has 3 aliphatic rings. The zero-order chi connectivity index (χ0) is 41.2. The number of hydrogen-bond donors (Lipinski definition) is 4. The lowest BCUT2D eigenvalue weighted by Crippen LogP contribution is -2.63. The SMILES string of the molecule is CCCC(NC(=O)[C@@H]1[C@@H](C(C)C)CCN1C(=O)[C@@H](NC(=O)N[C@H](CN(C)c1c(C(C)(C)C)c(=O)c1=O)C(C)(C)C)C1(C)CCCCC1)C(=O)C(=O)NC1CC1. The highest BCUT2D eigenvalue weighted by molar-refractivity contribution is 6.38. The summed E-state index contributed by atoms with van der Waals surface area (Å²) in [5.41, 5.74) is -1.74. The first-order valence-corrected chi connectivity index (χ1v) is 20.6. The Morgan fingerprint density at radius 3 is 2.04 bits per heavy atom. The Morgan fingerprint density at radius 1 is 0.891 bits per heavy atom. The van der Waals surface area contributed by atoms with Crippen LogP contribution < -0.4 is 37.0 Å². The summed E-state index contributed by atoms with van der Waals surface area (Å²) in [6.45, 7) is 20.1. The topological polar surface area (TPSA) is 174 Å². The van der Waals surface area contributed by atoms with Gasteiger partial charge in [0.05, 0.1) is 17.8 Å². The number of urea groups is 1. The van der Waals surface area contributed by atoms with E-state index in [1.807, 2.05) is 69.2 Å². The van der Waals surface area contributed by atoms with Crippen LogP contribution in [0.2, 0.25) is 0 Å². The molecule has 1 saturated heterocycles. The summed E-state index contributed by atoms with van der Waals surface area (Å²) in [5, 5.41) is 11.8. The van der Waals surface area contributed by atoms with Crippen molar-refractivity contribution in [2.24, 2.45) is 22.7 Å². The predicted octanol–water partition coefficient (Wildman–Crippen LogP) is 4.07. The fourth-order valence-corrected chi connectivity index (χ4v) is 8.57. The highest BCUT2D eigenvalue weighted by Crippen LogP contribution is 2.41. The third-order valence-electron chi connectivity index (χ3n) is 12.2. The van der Waals surface area contributed by atoms with Gasteiger partial charge in [-0.1, -0.05) is 94.9 Å². The van der Waals surface area contributed by atoms with Crippen molar-refractivity contribution in [1.82, 2.24) is 26.2 Å². The van der Waals surface area contributed by atoms with E-state index in [-0.39, 0.29) is 30.3 Å². The summed E-state index contributed by atoms with van der Waals surface area (Å²) in [4.78, 5) is 97.9. The van der Waals surface area contributed by atoms with E-state index in [2.05, 4.69) is 21.3 Å². The third-order valence-corrected chi connectivity index (χ3v) is 12.2. The van der Waals surface area contributed by atoms with Crippen LogP contribution in [0.5, 0.6) is 0 Å². The van der Waals surface area contributed by atoms with Crippen LogP contribution in [0.3, 0.4) is 0 Å². The van der Waals surface area contributed by atoms with E-state index < -0.39 is 74.9 Å². The Labute approximate surface area is 327 Å². The van der Waals surface area contributed by atoms with E-state index >= 15 is 0 Å². The summed E-state index contributed by atoms with van der Waals surface area (Å²) in [7, 11) is 1.75. The molecule has 13 nitrogen and oxygen atoms in total. The fraction of sp³-hybridized carbons (Fsp3) is 0.786. The van der Waals surface area contributed by atoms with Gasteiger partial charge in [-0.15, -0.1) is 0 Å². The molecule has 5 amide bonds. The maximum absolute atomic E-state index is 14.9. The normalized spacial score (nSPS) is 21.8. The fourth-order valence-electron chi connectivity index (χ4n) is 8.57. The van der Waals surface area contributed by atoms with Crippen molar-refractivity contribution in [3.05, 3.63) is 26.0 Å². The summed E-state index contributed by atoms with van der Waals surface area (Å²) in [6.07, 6.45) is 7.38. The lowest BCUT2D eigenvalue weighted by Gasteiger charge is -2.43. The number of nitrogens with zero attached hydrogens (tertiary/aromatic N) is 2. The Kier molecular flexibility index (Phi) is 13.7. The molecule has 0 radical (unpaired) electrons. The number of likely N-dealkylation sites (tertiary alicyclic amines) is 1. The molecule has 0 aromatic heterocycles. The highest BCUT2D eigenvalue weighted by atomic mass is 16.2. The van der Waals surface area contributed by atoms with E-state index in [1.165, 1.54) is 0 Å². The molecule has 1 unspecified atom stereocenters. The number of rotatable bonds is 15. The minimum absolute atomic E-state index is 0.00130. The quantitative estimate of drug-likeness (QED) is 0.193. The minimum Gasteiger partial charge on any atom is -0.369 e. The van der Waals surface area contributed by atoms with E-state index in [0.29, 0.717) is 37.1 Å². The number of anilines is 1. The number of carbonyl (C=O) groups is 5. The van der Waals surface area contributed by atoms with E-state index in [1.54, 1.807) is 16.8 Å². The average molecular weight is 769 g/mol. The molecule has 2 saturated carbocycles. The molecule has 1 heterocycles. The second-order valence-electron chi connectivity index (χ2n) is 19.3. The van der Waals surface area contributed by atoms with Crippen molar-refractivity contribution < 1.29 is 24.0 Å². The number of nitrogens with one attached hydrogen (secondary N) is 4. The predicted molar refractivity (Wildman–Crippen MR) is 215 cm³/mol. The van der Waals surface area contributed by atoms with Gasteiger partial charge >= 0.3 is 6.03 Å². The smallest absolute Gasteiger partial charge is 0.315 e. The standard InChI is InChI=1S/C42H68N6O7/c1-12-16-27(32(49)37(53)43-25-17-18-25)44-36(52)30-26(24(2)3)19-22-48(30)38(54)35(42(10)20-14-13-15-21-42)46-39(55)45-28(40(4,5)6)23-47(11)31-29(41(7,8)9)33(50)34(31)51/h24-28,30,35H,12-23H2,1-11H3,(H,43,53)(H,44,52)(H2,45,46,55)/t26-,27?,28-,30+,35-/m1/s1. The summed E-state index contributed by atoms with van der Waals surface area (Å²) < 4.78 is 0.